The van der Waals surface area contributed by atoms with Crippen LogP contribution in [0.25, 0.3) is 0 Å². The van der Waals surface area contributed by atoms with E-state index < -0.39 is 0 Å². The standard InChI is InChI=1S/C14H16N2O/c1-10-13(15)4-3-5-14(10)16-11-6-8-12(17-2)9-7-11/h3-9,16H,15H2,1-2H3. The molecule has 2 rings (SSSR count). The first-order valence-corrected chi connectivity index (χ1v) is 5.47. The molecule has 0 aliphatic rings. The Hall–Kier alpha value is -2.16. The van der Waals surface area contributed by atoms with Gasteiger partial charge in [0, 0.05) is 17.1 Å². The Morgan fingerprint density at radius 1 is 1.06 bits per heavy atom. The Labute approximate surface area is 101 Å². The van der Waals surface area contributed by atoms with E-state index in [4.69, 9.17) is 10.5 Å². The third kappa shape index (κ3) is 2.50. The van der Waals surface area contributed by atoms with Crippen molar-refractivity contribution < 1.29 is 4.74 Å². The summed E-state index contributed by atoms with van der Waals surface area (Å²) in [6, 6.07) is 13.6. The molecule has 0 aliphatic carbocycles. The minimum atomic E-state index is 0.795. The molecule has 0 atom stereocenters. The van der Waals surface area contributed by atoms with Crippen molar-refractivity contribution in [3.05, 3.63) is 48.0 Å². The van der Waals surface area contributed by atoms with Gasteiger partial charge in [-0.15, -0.1) is 0 Å². The van der Waals surface area contributed by atoms with Gasteiger partial charge in [0.2, 0.25) is 0 Å². The molecule has 3 heteroatoms. The molecule has 0 radical (unpaired) electrons. The van der Waals surface area contributed by atoms with Crippen LogP contribution in [0.5, 0.6) is 5.75 Å². The van der Waals surface area contributed by atoms with Gasteiger partial charge in [-0.3, -0.25) is 0 Å². The SMILES string of the molecule is COc1ccc(Nc2cccc(N)c2C)cc1. The molecule has 88 valence electrons. The predicted molar refractivity (Wildman–Crippen MR) is 71.9 cm³/mol. The third-order valence-corrected chi connectivity index (χ3v) is 2.74. The molecular formula is C14H16N2O. The van der Waals surface area contributed by atoms with Gasteiger partial charge in [0.15, 0.2) is 0 Å². The van der Waals surface area contributed by atoms with E-state index in [1.54, 1.807) is 7.11 Å². The van der Waals surface area contributed by atoms with Crippen molar-refractivity contribution in [2.75, 3.05) is 18.2 Å². The molecule has 2 aromatic rings. The minimum absolute atomic E-state index is 0.795. The molecule has 0 saturated carbocycles. The van der Waals surface area contributed by atoms with Crippen LogP contribution in [0.4, 0.5) is 17.1 Å². The number of anilines is 3. The lowest BCUT2D eigenvalue weighted by Crippen LogP contribution is -1.96. The molecule has 0 aliphatic heterocycles. The van der Waals surface area contributed by atoms with Gasteiger partial charge in [-0.1, -0.05) is 6.07 Å². The predicted octanol–water partition coefficient (Wildman–Crippen LogP) is 3.33. The fourth-order valence-electron chi connectivity index (χ4n) is 1.62. The van der Waals surface area contributed by atoms with Gasteiger partial charge >= 0.3 is 0 Å². The molecule has 3 N–H and O–H groups in total. The van der Waals surface area contributed by atoms with Crippen LogP contribution in [0.3, 0.4) is 0 Å². The van der Waals surface area contributed by atoms with Gasteiger partial charge in [0.25, 0.3) is 0 Å². The minimum Gasteiger partial charge on any atom is -0.497 e. The quantitative estimate of drug-likeness (QED) is 0.792. The summed E-state index contributed by atoms with van der Waals surface area (Å²) in [6.07, 6.45) is 0. The van der Waals surface area contributed by atoms with Gasteiger partial charge in [-0.05, 0) is 48.9 Å². The second-order valence-corrected chi connectivity index (χ2v) is 3.87. The highest BCUT2D eigenvalue weighted by Gasteiger charge is 2.01. The second-order valence-electron chi connectivity index (χ2n) is 3.87. The largest absolute Gasteiger partial charge is 0.497 e. The van der Waals surface area contributed by atoms with Crippen LogP contribution in [0, 0.1) is 6.92 Å². The lowest BCUT2D eigenvalue weighted by molar-refractivity contribution is 0.415. The topological polar surface area (TPSA) is 47.3 Å². The van der Waals surface area contributed by atoms with E-state index in [9.17, 15) is 0 Å². The molecule has 2 aromatic carbocycles. The zero-order chi connectivity index (χ0) is 12.3. The van der Waals surface area contributed by atoms with E-state index in [1.165, 1.54) is 0 Å². The average Bonchev–Trinajstić information content (AvgIpc) is 2.36. The van der Waals surface area contributed by atoms with Crippen LogP contribution in [0.1, 0.15) is 5.56 Å². The maximum atomic E-state index is 5.86. The highest BCUT2D eigenvalue weighted by molar-refractivity contribution is 5.69. The van der Waals surface area contributed by atoms with Crippen LogP contribution in [0.2, 0.25) is 0 Å². The fraction of sp³-hybridized carbons (Fsp3) is 0.143. The zero-order valence-corrected chi connectivity index (χ0v) is 10.0. The molecule has 3 nitrogen and oxygen atoms in total. The van der Waals surface area contributed by atoms with Crippen molar-refractivity contribution in [3.8, 4) is 5.75 Å². The van der Waals surface area contributed by atoms with Crippen molar-refractivity contribution in [1.29, 1.82) is 0 Å². The van der Waals surface area contributed by atoms with Gasteiger partial charge < -0.3 is 15.8 Å². The van der Waals surface area contributed by atoms with Crippen molar-refractivity contribution >= 4 is 17.1 Å². The van der Waals surface area contributed by atoms with E-state index >= 15 is 0 Å². The Balaban J connectivity index is 2.22. The highest BCUT2D eigenvalue weighted by Crippen LogP contribution is 2.25. The second kappa shape index (κ2) is 4.78. The number of hydrogen-bond acceptors (Lipinski definition) is 3. The summed E-state index contributed by atoms with van der Waals surface area (Å²) in [4.78, 5) is 0. The molecular weight excluding hydrogens is 212 g/mol. The molecule has 0 aromatic heterocycles. The number of hydrogen-bond donors (Lipinski definition) is 2. The maximum Gasteiger partial charge on any atom is 0.119 e. The van der Waals surface area contributed by atoms with Crippen molar-refractivity contribution in [3.63, 3.8) is 0 Å². The monoisotopic (exact) mass is 228 g/mol. The summed E-state index contributed by atoms with van der Waals surface area (Å²) in [6.45, 7) is 2.00. The van der Waals surface area contributed by atoms with Gasteiger partial charge in [0.1, 0.15) is 5.75 Å². The summed E-state index contributed by atoms with van der Waals surface area (Å²) in [5, 5.41) is 3.33. The Bertz CT molecular complexity index is 506. The number of nitrogens with two attached hydrogens (primary N) is 1. The van der Waals surface area contributed by atoms with Crippen molar-refractivity contribution in [2.24, 2.45) is 0 Å². The smallest absolute Gasteiger partial charge is 0.119 e. The average molecular weight is 228 g/mol. The van der Waals surface area contributed by atoms with Crippen LogP contribution in [-0.2, 0) is 0 Å². The maximum absolute atomic E-state index is 5.86. The molecule has 0 bridgehead atoms. The molecule has 0 fully saturated rings. The lowest BCUT2D eigenvalue weighted by atomic mass is 10.1. The van der Waals surface area contributed by atoms with Crippen LogP contribution in [0.15, 0.2) is 42.5 Å². The Morgan fingerprint density at radius 3 is 2.41 bits per heavy atom. The number of ether oxygens (including phenoxy) is 1. The fourth-order valence-corrected chi connectivity index (χ4v) is 1.62. The number of methoxy groups -OCH3 is 1. The normalized spacial score (nSPS) is 10.0. The van der Waals surface area contributed by atoms with E-state index in [1.807, 2.05) is 49.4 Å². The van der Waals surface area contributed by atoms with Crippen LogP contribution in [-0.4, -0.2) is 7.11 Å². The van der Waals surface area contributed by atoms with E-state index in [2.05, 4.69) is 5.32 Å². The van der Waals surface area contributed by atoms with E-state index in [0.29, 0.717) is 0 Å². The summed E-state index contributed by atoms with van der Waals surface area (Å²) >= 11 is 0. The number of benzene rings is 2. The van der Waals surface area contributed by atoms with Gasteiger partial charge in [-0.25, -0.2) is 0 Å². The first-order chi connectivity index (χ1) is 8.20. The first kappa shape index (κ1) is 11.3. The van der Waals surface area contributed by atoms with E-state index in [-0.39, 0.29) is 0 Å². The van der Waals surface area contributed by atoms with Crippen molar-refractivity contribution in [2.45, 2.75) is 6.92 Å². The number of nitrogen functional groups attached to an aromatic ring is 1. The first-order valence-electron chi connectivity index (χ1n) is 5.47. The lowest BCUT2D eigenvalue weighted by Gasteiger charge is -2.11. The van der Waals surface area contributed by atoms with Crippen LogP contribution < -0.4 is 15.8 Å². The van der Waals surface area contributed by atoms with Crippen LogP contribution >= 0.6 is 0 Å². The number of rotatable bonds is 3. The molecule has 0 amide bonds. The molecule has 0 unspecified atom stereocenters. The molecule has 0 spiro atoms. The van der Waals surface area contributed by atoms with Gasteiger partial charge in [-0.2, -0.15) is 0 Å². The number of nitrogens with one attached hydrogen (secondary N) is 1. The summed E-state index contributed by atoms with van der Waals surface area (Å²) in [5.41, 5.74) is 9.75. The Kier molecular flexibility index (Phi) is 3.19. The van der Waals surface area contributed by atoms with Gasteiger partial charge in [0.05, 0.1) is 7.11 Å². The summed E-state index contributed by atoms with van der Waals surface area (Å²) < 4.78 is 5.11. The Morgan fingerprint density at radius 2 is 1.76 bits per heavy atom. The highest BCUT2D eigenvalue weighted by atomic mass is 16.5. The summed E-state index contributed by atoms with van der Waals surface area (Å²) in [7, 11) is 1.66. The summed E-state index contributed by atoms with van der Waals surface area (Å²) in [5.74, 6) is 0.847. The van der Waals surface area contributed by atoms with Crippen molar-refractivity contribution in [1.82, 2.24) is 0 Å². The molecule has 0 heterocycles. The third-order valence-electron chi connectivity index (χ3n) is 2.74. The molecule has 0 saturated heterocycles. The molecule has 17 heavy (non-hydrogen) atoms. The van der Waals surface area contributed by atoms with E-state index in [0.717, 1.165) is 28.4 Å². The zero-order valence-electron chi connectivity index (χ0n) is 10.0.